The number of methoxy groups -OCH3 is 1. The van der Waals surface area contributed by atoms with E-state index in [-0.39, 0.29) is 38.3 Å². The fraction of sp³-hybridized carbons (Fsp3) is 0.917. The van der Waals surface area contributed by atoms with Crippen LogP contribution in [-0.2, 0) is 24.5 Å². The molecule has 0 aromatic carbocycles. The second-order valence-corrected chi connectivity index (χ2v) is 7.46. The molecule has 1 N–H and O–H groups in total. The Morgan fingerprint density at radius 2 is 1.81 bits per heavy atom. The van der Waals surface area contributed by atoms with Gasteiger partial charge in [-0.05, 0) is 13.8 Å². The maximum Gasteiger partial charge on any atom is 0.324 e. The molecule has 4 unspecified atom stereocenters. The summed E-state index contributed by atoms with van der Waals surface area (Å²) in [5.74, 6) is -0.649. The Kier molecular flexibility index (Phi) is 4.89. The molecule has 0 saturated carbocycles. The molecular weight excluding hydrogens is 300 g/mol. The lowest BCUT2D eigenvalue weighted by molar-refractivity contribution is -0.144. The number of hydrogen-bond acceptors (Lipinski definition) is 6. The van der Waals surface area contributed by atoms with Gasteiger partial charge in [0.2, 0.25) is 0 Å². The van der Waals surface area contributed by atoms with E-state index in [1.165, 1.54) is 11.4 Å². The molecule has 8 nitrogen and oxygen atoms in total. The van der Waals surface area contributed by atoms with E-state index in [0.29, 0.717) is 0 Å². The van der Waals surface area contributed by atoms with Gasteiger partial charge in [0.1, 0.15) is 6.04 Å². The molecule has 9 heteroatoms. The summed E-state index contributed by atoms with van der Waals surface area (Å²) in [6.07, 6.45) is -1.23. The molecule has 122 valence electrons. The molecule has 0 spiro atoms. The molecule has 2 fully saturated rings. The third-order valence-electron chi connectivity index (χ3n) is 3.72. The van der Waals surface area contributed by atoms with E-state index in [0.717, 1.165) is 4.31 Å². The Morgan fingerprint density at radius 1 is 1.24 bits per heavy atom. The number of hydrogen-bond donors (Lipinski definition) is 1. The van der Waals surface area contributed by atoms with Crippen LogP contribution in [0.5, 0.6) is 0 Å². The van der Waals surface area contributed by atoms with Gasteiger partial charge in [0.25, 0.3) is 10.2 Å². The first-order valence-electron chi connectivity index (χ1n) is 6.94. The average molecular weight is 322 g/mol. The van der Waals surface area contributed by atoms with Crippen molar-refractivity contribution in [3.8, 4) is 0 Å². The van der Waals surface area contributed by atoms with Gasteiger partial charge < -0.3 is 14.6 Å². The highest BCUT2D eigenvalue weighted by molar-refractivity contribution is 7.86. The molecule has 2 aliphatic rings. The van der Waals surface area contributed by atoms with Crippen LogP contribution in [0.4, 0.5) is 0 Å². The minimum atomic E-state index is -3.84. The van der Waals surface area contributed by atoms with Crippen molar-refractivity contribution in [2.45, 2.75) is 44.6 Å². The van der Waals surface area contributed by atoms with E-state index in [2.05, 4.69) is 4.74 Å². The largest absolute Gasteiger partial charge is 0.468 e. The number of carbonyl (C=O) groups is 1. The average Bonchev–Trinajstić information content (AvgIpc) is 2.79. The van der Waals surface area contributed by atoms with Crippen molar-refractivity contribution in [3.05, 3.63) is 0 Å². The normalized spacial score (nSPS) is 35.8. The highest BCUT2D eigenvalue weighted by Gasteiger charge is 2.46. The SMILES string of the molecule is COC(=O)C1CC(O)CN1S(=O)(=O)N1CC(C)OC(C)C1. The van der Waals surface area contributed by atoms with E-state index in [1.54, 1.807) is 13.8 Å². The topological polar surface area (TPSA) is 96.4 Å². The van der Waals surface area contributed by atoms with Crippen LogP contribution in [0.15, 0.2) is 0 Å². The molecule has 2 aliphatic heterocycles. The van der Waals surface area contributed by atoms with E-state index < -0.39 is 28.3 Å². The summed E-state index contributed by atoms with van der Waals surface area (Å²) in [6, 6.07) is -0.969. The zero-order chi connectivity index (χ0) is 15.8. The summed E-state index contributed by atoms with van der Waals surface area (Å²) in [7, 11) is -2.63. The van der Waals surface area contributed by atoms with Crippen LogP contribution in [0.2, 0.25) is 0 Å². The lowest BCUT2D eigenvalue weighted by Gasteiger charge is -2.37. The van der Waals surface area contributed by atoms with E-state index in [1.807, 2.05) is 0 Å². The molecule has 2 heterocycles. The van der Waals surface area contributed by atoms with Gasteiger partial charge in [-0.15, -0.1) is 0 Å². The third-order valence-corrected chi connectivity index (χ3v) is 5.66. The maximum atomic E-state index is 12.7. The molecule has 0 amide bonds. The highest BCUT2D eigenvalue weighted by atomic mass is 32.2. The first kappa shape index (κ1) is 16.6. The molecule has 2 rings (SSSR count). The number of β-amino-alcohol motifs (C(OH)–C–C–N with tert-alkyl or cyclic N) is 1. The Hall–Kier alpha value is -0.740. The summed E-state index contributed by atoms with van der Waals surface area (Å²) in [6.45, 7) is 3.96. The van der Waals surface area contributed by atoms with Crippen molar-refractivity contribution in [1.29, 1.82) is 0 Å². The summed E-state index contributed by atoms with van der Waals surface area (Å²) in [5.41, 5.74) is 0. The van der Waals surface area contributed by atoms with Crippen LogP contribution in [0.1, 0.15) is 20.3 Å². The van der Waals surface area contributed by atoms with Crippen molar-refractivity contribution in [3.63, 3.8) is 0 Å². The lowest BCUT2D eigenvalue weighted by Crippen LogP contribution is -2.55. The molecule has 0 aromatic heterocycles. The Balaban J connectivity index is 2.23. The third kappa shape index (κ3) is 3.37. The minimum absolute atomic E-state index is 0.0569. The zero-order valence-corrected chi connectivity index (χ0v) is 13.2. The Labute approximate surface area is 124 Å². The molecule has 0 aromatic rings. The second kappa shape index (κ2) is 6.17. The minimum Gasteiger partial charge on any atom is -0.468 e. The zero-order valence-electron chi connectivity index (χ0n) is 12.4. The molecular formula is C12H22N2O6S. The van der Waals surface area contributed by atoms with Crippen molar-refractivity contribution in [2.24, 2.45) is 0 Å². The van der Waals surface area contributed by atoms with Crippen LogP contribution in [0.25, 0.3) is 0 Å². The molecule has 0 aliphatic carbocycles. The van der Waals surface area contributed by atoms with Crippen LogP contribution in [-0.4, -0.2) is 79.2 Å². The fourth-order valence-corrected chi connectivity index (χ4v) is 4.80. The van der Waals surface area contributed by atoms with Crippen LogP contribution in [0, 0.1) is 0 Å². The van der Waals surface area contributed by atoms with Crippen LogP contribution >= 0.6 is 0 Å². The number of aliphatic hydroxyl groups excluding tert-OH is 1. The molecule has 0 radical (unpaired) electrons. The predicted molar refractivity (Wildman–Crippen MR) is 73.6 cm³/mol. The van der Waals surface area contributed by atoms with E-state index >= 15 is 0 Å². The molecule has 0 bridgehead atoms. The molecule has 4 atom stereocenters. The van der Waals surface area contributed by atoms with Gasteiger partial charge in [-0.2, -0.15) is 17.0 Å². The van der Waals surface area contributed by atoms with Crippen molar-refractivity contribution in [1.82, 2.24) is 8.61 Å². The van der Waals surface area contributed by atoms with Gasteiger partial charge in [-0.3, -0.25) is 4.79 Å². The Morgan fingerprint density at radius 3 is 2.33 bits per heavy atom. The quantitative estimate of drug-likeness (QED) is 0.666. The van der Waals surface area contributed by atoms with Gasteiger partial charge in [-0.25, -0.2) is 0 Å². The van der Waals surface area contributed by atoms with E-state index in [4.69, 9.17) is 4.74 Å². The summed E-state index contributed by atoms with van der Waals surface area (Å²) in [5, 5.41) is 9.72. The number of aliphatic hydroxyl groups is 1. The lowest BCUT2D eigenvalue weighted by atomic mass is 10.2. The molecule has 2 saturated heterocycles. The number of morpholine rings is 1. The number of ether oxygens (including phenoxy) is 2. The Bertz CT molecular complexity index is 486. The van der Waals surface area contributed by atoms with Gasteiger partial charge in [0.15, 0.2) is 0 Å². The highest BCUT2D eigenvalue weighted by Crippen LogP contribution is 2.26. The summed E-state index contributed by atoms with van der Waals surface area (Å²) in [4.78, 5) is 11.7. The number of rotatable bonds is 3. The molecule has 21 heavy (non-hydrogen) atoms. The number of carbonyl (C=O) groups excluding carboxylic acids is 1. The van der Waals surface area contributed by atoms with Crippen molar-refractivity contribution >= 4 is 16.2 Å². The first-order chi connectivity index (χ1) is 9.75. The fourth-order valence-electron chi connectivity index (χ4n) is 2.86. The first-order valence-corrected chi connectivity index (χ1v) is 8.33. The smallest absolute Gasteiger partial charge is 0.324 e. The van der Waals surface area contributed by atoms with E-state index in [9.17, 15) is 18.3 Å². The van der Waals surface area contributed by atoms with Gasteiger partial charge in [0, 0.05) is 26.1 Å². The van der Waals surface area contributed by atoms with Crippen LogP contribution in [0.3, 0.4) is 0 Å². The number of esters is 1. The van der Waals surface area contributed by atoms with Crippen molar-refractivity contribution in [2.75, 3.05) is 26.7 Å². The summed E-state index contributed by atoms with van der Waals surface area (Å²) >= 11 is 0. The van der Waals surface area contributed by atoms with Crippen molar-refractivity contribution < 1.29 is 27.8 Å². The van der Waals surface area contributed by atoms with Gasteiger partial charge >= 0.3 is 5.97 Å². The predicted octanol–water partition coefficient (Wildman–Crippen LogP) is -1.05. The second-order valence-electron chi connectivity index (χ2n) is 5.58. The van der Waals surface area contributed by atoms with Gasteiger partial charge in [0.05, 0.1) is 25.4 Å². The standard InChI is InChI=1S/C12H22N2O6S/c1-8-5-13(6-9(2)20-8)21(17,18)14-7-10(15)4-11(14)12(16)19-3/h8-11,15H,4-7H2,1-3H3. The van der Waals surface area contributed by atoms with Crippen LogP contribution < -0.4 is 0 Å². The maximum absolute atomic E-state index is 12.7. The van der Waals surface area contributed by atoms with Gasteiger partial charge in [-0.1, -0.05) is 0 Å². The summed E-state index contributed by atoms with van der Waals surface area (Å²) < 4.78 is 38.0. The monoisotopic (exact) mass is 322 g/mol. The number of nitrogens with zero attached hydrogens (tertiary/aromatic N) is 2.